The van der Waals surface area contributed by atoms with E-state index < -0.39 is 17.7 Å². The van der Waals surface area contributed by atoms with Gasteiger partial charge in [0.25, 0.3) is 0 Å². The maximum atomic E-state index is 11.7. The van der Waals surface area contributed by atoms with Crippen molar-refractivity contribution >= 4 is 12.1 Å². The lowest BCUT2D eigenvalue weighted by atomic mass is 10.0. The molecule has 1 aromatic rings. The molecule has 1 atom stereocenters. The highest BCUT2D eigenvalue weighted by atomic mass is 16.6. The van der Waals surface area contributed by atoms with E-state index in [1.165, 1.54) is 0 Å². The lowest BCUT2D eigenvalue weighted by Crippen LogP contribution is -2.34. The largest absolute Gasteiger partial charge is 0.481 e. The lowest BCUT2D eigenvalue weighted by molar-refractivity contribution is -0.140. The van der Waals surface area contributed by atoms with E-state index in [9.17, 15) is 9.59 Å². The Bertz CT molecular complexity index is 474. The number of amides is 1. The van der Waals surface area contributed by atoms with Gasteiger partial charge in [0.15, 0.2) is 0 Å². The van der Waals surface area contributed by atoms with E-state index in [1.807, 2.05) is 30.3 Å². The normalized spacial score (nSPS) is 22.4. The summed E-state index contributed by atoms with van der Waals surface area (Å²) in [5.41, 5.74) is 0.224. The molecule has 0 saturated carbocycles. The van der Waals surface area contributed by atoms with Gasteiger partial charge in [-0.2, -0.15) is 0 Å². The Kier molecular flexibility index (Phi) is 3.74. The van der Waals surface area contributed by atoms with Gasteiger partial charge in [-0.15, -0.1) is 0 Å². The minimum Gasteiger partial charge on any atom is -0.481 e. The summed E-state index contributed by atoms with van der Waals surface area (Å²) in [5, 5.41) is 8.81. The van der Waals surface area contributed by atoms with E-state index >= 15 is 0 Å². The molecule has 1 fully saturated rings. The molecule has 19 heavy (non-hydrogen) atoms. The summed E-state index contributed by atoms with van der Waals surface area (Å²) >= 11 is 0. The third kappa shape index (κ3) is 3.47. The van der Waals surface area contributed by atoms with Crippen molar-refractivity contribution in [3.8, 4) is 0 Å². The number of carboxylic acids is 1. The monoisotopic (exact) mass is 263 g/mol. The molecule has 0 bridgehead atoms. The van der Waals surface area contributed by atoms with Crippen molar-refractivity contribution in [2.75, 3.05) is 13.1 Å². The molecule has 1 aliphatic heterocycles. The number of carbonyl (C=O) groups excluding carboxylic acids is 1. The lowest BCUT2D eigenvalue weighted by Gasteiger charge is -2.19. The number of hydrogen-bond donors (Lipinski definition) is 1. The number of carbonyl (C=O) groups is 2. The number of benzene rings is 1. The van der Waals surface area contributed by atoms with Crippen LogP contribution in [0.15, 0.2) is 30.3 Å². The predicted molar refractivity (Wildman–Crippen MR) is 68.9 cm³/mol. The van der Waals surface area contributed by atoms with Gasteiger partial charge in [-0.3, -0.25) is 4.79 Å². The third-order valence-corrected chi connectivity index (χ3v) is 3.16. The Morgan fingerprint density at radius 3 is 2.74 bits per heavy atom. The van der Waals surface area contributed by atoms with Crippen molar-refractivity contribution in [1.29, 1.82) is 0 Å². The summed E-state index contributed by atoms with van der Waals surface area (Å²) in [6.45, 7) is 2.52. The molecule has 2 rings (SSSR count). The van der Waals surface area contributed by atoms with Crippen LogP contribution in [0.2, 0.25) is 0 Å². The Morgan fingerprint density at radius 1 is 1.42 bits per heavy atom. The van der Waals surface area contributed by atoms with Crippen LogP contribution >= 0.6 is 0 Å². The van der Waals surface area contributed by atoms with Gasteiger partial charge in [0.05, 0.1) is 13.0 Å². The average Bonchev–Trinajstić information content (AvgIpc) is 2.61. The van der Waals surface area contributed by atoms with Crippen LogP contribution in [-0.2, 0) is 16.0 Å². The molecule has 0 aliphatic carbocycles. The number of ether oxygens (including phenoxy) is 1. The topological polar surface area (TPSA) is 66.8 Å². The summed E-state index contributed by atoms with van der Waals surface area (Å²) in [7, 11) is 0. The Balaban J connectivity index is 1.92. The summed E-state index contributed by atoms with van der Waals surface area (Å²) in [6, 6.07) is 9.84. The number of rotatable bonds is 5. The SMILES string of the molecule is CC1(CC(=O)O)CN(CCc2ccccc2)C(=O)O1. The zero-order valence-corrected chi connectivity index (χ0v) is 10.8. The molecule has 1 N–H and O–H groups in total. The third-order valence-electron chi connectivity index (χ3n) is 3.16. The molecule has 0 radical (unpaired) electrons. The maximum absolute atomic E-state index is 11.7. The number of aliphatic carboxylic acids is 1. The summed E-state index contributed by atoms with van der Waals surface area (Å²) in [6.07, 6.45) is 0.138. The molecule has 1 aliphatic rings. The number of nitrogens with zero attached hydrogens (tertiary/aromatic N) is 1. The first kappa shape index (κ1) is 13.4. The van der Waals surface area contributed by atoms with Crippen molar-refractivity contribution in [2.45, 2.75) is 25.4 Å². The van der Waals surface area contributed by atoms with Crippen molar-refractivity contribution < 1.29 is 19.4 Å². The quantitative estimate of drug-likeness (QED) is 0.881. The van der Waals surface area contributed by atoms with Crippen molar-refractivity contribution in [3.63, 3.8) is 0 Å². The molecule has 1 aromatic carbocycles. The second-order valence-corrected chi connectivity index (χ2v) is 5.05. The van der Waals surface area contributed by atoms with E-state index in [0.717, 1.165) is 12.0 Å². The fourth-order valence-electron chi connectivity index (χ4n) is 2.27. The number of carboxylic acid groups (broad SMARTS) is 1. The second kappa shape index (κ2) is 5.30. The standard InChI is InChI=1S/C14H17NO4/c1-14(9-12(16)17)10-15(13(18)19-14)8-7-11-5-3-2-4-6-11/h2-6H,7-10H2,1H3,(H,16,17). The van der Waals surface area contributed by atoms with Crippen LogP contribution in [-0.4, -0.2) is 40.8 Å². The molecule has 0 spiro atoms. The second-order valence-electron chi connectivity index (χ2n) is 5.05. The Labute approximate surface area is 111 Å². The van der Waals surface area contributed by atoms with Crippen molar-refractivity contribution in [3.05, 3.63) is 35.9 Å². The van der Waals surface area contributed by atoms with E-state index in [4.69, 9.17) is 9.84 Å². The smallest absolute Gasteiger partial charge is 0.410 e. The Morgan fingerprint density at radius 2 is 2.11 bits per heavy atom. The maximum Gasteiger partial charge on any atom is 0.410 e. The van der Waals surface area contributed by atoms with Gasteiger partial charge in [0.1, 0.15) is 5.60 Å². The van der Waals surface area contributed by atoms with Gasteiger partial charge in [0.2, 0.25) is 0 Å². The van der Waals surface area contributed by atoms with E-state index in [-0.39, 0.29) is 6.42 Å². The van der Waals surface area contributed by atoms with E-state index in [1.54, 1.807) is 11.8 Å². The minimum absolute atomic E-state index is 0.166. The van der Waals surface area contributed by atoms with Gasteiger partial charge in [-0.25, -0.2) is 4.79 Å². The van der Waals surface area contributed by atoms with Gasteiger partial charge >= 0.3 is 12.1 Å². The first-order valence-corrected chi connectivity index (χ1v) is 6.22. The fourth-order valence-corrected chi connectivity index (χ4v) is 2.27. The number of hydrogen-bond acceptors (Lipinski definition) is 3. The highest BCUT2D eigenvalue weighted by Crippen LogP contribution is 2.25. The Hall–Kier alpha value is -2.04. The van der Waals surface area contributed by atoms with E-state index in [2.05, 4.69) is 0 Å². The van der Waals surface area contributed by atoms with Crippen LogP contribution in [0.4, 0.5) is 4.79 Å². The molecule has 102 valence electrons. The fraction of sp³-hybridized carbons (Fsp3) is 0.429. The van der Waals surface area contributed by atoms with Gasteiger partial charge < -0.3 is 14.7 Å². The summed E-state index contributed by atoms with van der Waals surface area (Å²) in [5.74, 6) is -0.958. The van der Waals surface area contributed by atoms with Crippen LogP contribution in [0, 0.1) is 0 Å². The van der Waals surface area contributed by atoms with Gasteiger partial charge in [-0.1, -0.05) is 30.3 Å². The zero-order chi connectivity index (χ0) is 13.9. The highest BCUT2D eigenvalue weighted by molar-refractivity contribution is 5.74. The molecule has 1 heterocycles. The van der Waals surface area contributed by atoms with Crippen LogP contribution < -0.4 is 0 Å². The number of cyclic esters (lactones) is 1. The van der Waals surface area contributed by atoms with Crippen molar-refractivity contribution in [2.24, 2.45) is 0 Å². The minimum atomic E-state index is -0.958. The van der Waals surface area contributed by atoms with Gasteiger partial charge in [-0.05, 0) is 18.9 Å². The molecule has 0 aromatic heterocycles. The summed E-state index contributed by atoms with van der Waals surface area (Å²) < 4.78 is 5.17. The highest BCUT2D eigenvalue weighted by Gasteiger charge is 2.42. The van der Waals surface area contributed by atoms with Crippen LogP contribution in [0.3, 0.4) is 0 Å². The molecule has 1 unspecified atom stereocenters. The van der Waals surface area contributed by atoms with E-state index in [0.29, 0.717) is 13.1 Å². The molecule has 5 nitrogen and oxygen atoms in total. The van der Waals surface area contributed by atoms with Crippen molar-refractivity contribution in [1.82, 2.24) is 4.90 Å². The van der Waals surface area contributed by atoms with Crippen LogP contribution in [0.25, 0.3) is 0 Å². The molecule has 1 amide bonds. The van der Waals surface area contributed by atoms with Crippen LogP contribution in [0.5, 0.6) is 0 Å². The van der Waals surface area contributed by atoms with Crippen LogP contribution in [0.1, 0.15) is 18.9 Å². The van der Waals surface area contributed by atoms with Gasteiger partial charge in [0, 0.05) is 6.54 Å². The molecule has 1 saturated heterocycles. The first-order chi connectivity index (χ1) is 8.98. The first-order valence-electron chi connectivity index (χ1n) is 6.22. The predicted octanol–water partition coefficient (Wildman–Crippen LogP) is 1.91. The average molecular weight is 263 g/mol. The molecular formula is C14H17NO4. The summed E-state index contributed by atoms with van der Waals surface area (Å²) in [4.78, 5) is 24.0. The molecule has 5 heteroatoms. The molecular weight excluding hydrogens is 246 g/mol. The zero-order valence-electron chi connectivity index (χ0n) is 10.8.